The number of hydrogen-bond donors (Lipinski definition) is 1. The predicted molar refractivity (Wildman–Crippen MR) is 52.4 cm³/mol. The Morgan fingerprint density at radius 3 is 3.21 bits per heavy atom. The second-order valence-corrected chi connectivity index (χ2v) is 3.48. The number of aromatic nitrogens is 4. The summed E-state index contributed by atoms with van der Waals surface area (Å²) in [6.45, 7) is 0. The van der Waals surface area contributed by atoms with Crippen molar-refractivity contribution in [3.63, 3.8) is 0 Å². The third kappa shape index (κ3) is 1.67. The van der Waals surface area contributed by atoms with Gasteiger partial charge in [-0.2, -0.15) is 0 Å². The Morgan fingerprint density at radius 1 is 1.57 bits per heavy atom. The summed E-state index contributed by atoms with van der Waals surface area (Å²) in [7, 11) is 0. The standard InChI is InChI=1S/C7H7N5OS/c8-6(13)2-14-12-4-11-5-1-9-3-10-7(5)12/h1,3-4H,2H2,(H2,8,13). The summed E-state index contributed by atoms with van der Waals surface area (Å²) in [5, 5.41) is 0. The van der Waals surface area contributed by atoms with Gasteiger partial charge >= 0.3 is 0 Å². The van der Waals surface area contributed by atoms with Gasteiger partial charge in [0.25, 0.3) is 0 Å². The van der Waals surface area contributed by atoms with Gasteiger partial charge in [-0.25, -0.2) is 15.0 Å². The monoisotopic (exact) mass is 209 g/mol. The van der Waals surface area contributed by atoms with Crippen LogP contribution in [0, 0.1) is 0 Å². The van der Waals surface area contributed by atoms with E-state index in [1.807, 2.05) is 0 Å². The van der Waals surface area contributed by atoms with Crippen molar-refractivity contribution >= 4 is 29.0 Å². The summed E-state index contributed by atoms with van der Waals surface area (Å²) < 4.78 is 1.70. The van der Waals surface area contributed by atoms with Crippen LogP contribution in [0.15, 0.2) is 18.9 Å². The number of nitrogens with zero attached hydrogens (tertiary/aromatic N) is 4. The largest absolute Gasteiger partial charge is 0.369 e. The maximum Gasteiger partial charge on any atom is 0.229 e. The minimum atomic E-state index is -0.370. The van der Waals surface area contributed by atoms with E-state index in [1.165, 1.54) is 18.3 Å². The van der Waals surface area contributed by atoms with Crippen molar-refractivity contribution in [3.8, 4) is 0 Å². The zero-order valence-corrected chi connectivity index (χ0v) is 7.94. The molecule has 0 saturated heterocycles. The number of amides is 1. The molecule has 0 aliphatic rings. The van der Waals surface area contributed by atoms with E-state index in [4.69, 9.17) is 5.73 Å². The van der Waals surface area contributed by atoms with Gasteiger partial charge in [0.1, 0.15) is 18.2 Å². The Hall–Kier alpha value is -1.63. The van der Waals surface area contributed by atoms with E-state index in [0.717, 1.165) is 0 Å². The fourth-order valence-corrected chi connectivity index (χ4v) is 1.62. The highest BCUT2D eigenvalue weighted by Gasteiger charge is 2.04. The number of nitrogens with two attached hydrogens (primary N) is 1. The molecule has 0 aliphatic carbocycles. The Bertz CT molecular complexity index is 468. The van der Waals surface area contributed by atoms with Crippen molar-refractivity contribution in [3.05, 3.63) is 18.9 Å². The summed E-state index contributed by atoms with van der Waals surface area (Å²) in [5.41, 5.74) is 6.41. The van der Waals surface area contributed by atoms with E-state index in [2.05, 4.69) is 15.0 Å². The molecule has 2 rings (SSSR count). The topological polar surface area (TPSA) is 86.7 Å². The molecule has 0 saturated carbocycles. The maximum atomic E-state index is 10.6. The van der Waals surface area contributed by atoms with Gasteiger partial charge in [-0.1, -0.05) is 0 Å². The van der Waals surface area contributed by atoms with Crippen LogP contribution in [0.2, 0.25) is 0 Å². The predicted octanol–water partition coefficient (Wildman–Crippen LogP) is -0.192. The number of primary amides is 1. The fourth-order valence-electron chi connectivity index (χ4n) is 0.974. The second-order valence-electron chi connectivity index (χ2n) is 2.54. The van der Waals surface area contributed by atoms with Crippen molar-refractivity contribution < 1.29 is 4.79 Å². The molecule has 2 heterocycles. The number of carbonyl (C=O) groups is 1. The minimum Gasteiger partial charge on any atom is -0.369 e. The molecule has 0 aromatic carbocycles. The third-order valence-corrected chi connectivity index (χ3v) is 2.49. The van der Waals surface area contributed by atoms with Crippen LogP contribution in [0.3, 0.4) is 0 Å². The molecule has 0 fully saturated rings. The molecule has 0 bridgehead atoms. The molecule has 7 heteroatoms. The summed E-state index contributed by atoms with van der Waals surface area (Å²) >= 11 is 1.25. The Kier molecular flexibility index (Phi) is 2.32. The molecular formula is C7H7N5OS. The van der Waals surface area contributed by atoms with Crippen LogP contribution in [0.25, 0.3) is 11.2 Å². The number of hydrogen-bond acceptors (Lipinski definition) is 5. The molecule has 2 N–H and O–H groups in total. The molecule has 14 heavy (non-hydrogen) atoms. The van der Waals surface area contributed by atoms with Gasteiger partial charge in [-0.3, -0.25) is 8.77 Å². The molecule has 0 unspecified atom stereocenters. The normalized spacial score (nSPS) is 10.6. The van der Waals surface area contributed by atoms with E-state index in [1.54, 1.807) is 16.5 Å². The lowest BCUT2D eigenvalue weighted by Crippen LogP contribution is -2.14. The highest BCUT2D eigenvalue weighted by atomic mass is 32.2. The lowest BCUT2D eigenvalue weighted by molar-refractivity contribution is -0.115. The number of fused-ring (bicyclic) bond motifs is 1. The quantitative estimate of drug-likeness (QED) is 0.757. The van der Waals surface area contributed by atoms with Gasteiger partial charge in [0, 0.05) is 0 Å². The molecule has 0 radical (unpaired) electrons. The third-order valence-electron chi connectivity index (χ3n) is 1.53. The van der Waals surface area contributed by atoms with Crippen molar-refractivity contribution in [2.24, 2.45) is 5.73 Å². The fraction of sp³-hybridized carbons (Fsp3) is 0.143. The summed E-state index contributed by atoms with van der Waals surface area (Å²) in [5.74, 6) is -0.166. The van der Waals surface area contributed by atoms with Gasteiger partial charge in [-0.05, 0) is 11.9 Å². The smallest absolute Gasteiger partial charge is 0.229 e. The van der Waals surface area contributed by atoms with E-state index >= 15 is 0 Å². The minimum absolute atomic E-state index is 0.204. The van der Waals surface area contributed by atoms with Gasteiger partial charge < -0.3 is 5.73 Å². The van der Waals surface area contributed by atoms with E-state index in [0.29, 0.717) is 11.2 Å². The number of carbonyl (C=O) groups excluding carboxylic acids is 1. The van der Waals surface area contributed by atoms with E-state index < -0.39 is 0 Å². The molecule has 72 valence electrons. The van der Waals surface area contributed by atoms with Crippen molar-refractivity contribution in [2.75, 3.05) is 5.75 Å². The highest BCUT2D eigenvalue weighted by Crippen LogP contribution is 2.14. The Morgan fingerprint density at radius 2 is 2.43 bits per heavy atom. The Labute approximate surface area is 83.7 Å². The molecule has 6 nitrogen and oxygen atoms in total. The van der Waals surface area contributed by atoms with E-state index in [-0.39, 0.29) is 11.7 Å². The zero-order chi connectivity index (χ0) is 9.97. The first-order valence-electron chi connectivity index (χ1n) is 3.82. The number of rotatable bonds is 3. The zero-order valence-electron chi connectivity index (χ0n) is 7.12. The molecular weight excluding hydrogens is 202 g/mol. The van der Waals surface area contributed by atoms with E-state index in [9.17, 15) is 4.79 Å². The first-order valence-corrected chi connectivity index (χ1v) is 4.76. The van der Waals surface area contributed by atoms with Crippen LogP contribution in [0.5, 0.6) is 0 Å². The highest BCUT2D eigenvalue weighted by molar-refractivity contribution is 7.98. The molecule has 2 aromatic heterocycles. The van der Waals surface area contributed by atoms with Gasteiger partial charge in [0.05, 0.1) is 11.9 Å². The van der Waals surface area contributed by atoms with Crippen LogP contribution < -0.4 is 5.73 Å². The molecule has 0 atom stereocenters. The van der Waals surface area contributed by atoms with Gasteiger partial charge in [-0.15, -0.1) is 0 Å². The summed E-state index contributed by atoms with van der Waals surface area (Å²) in [6, 6.07) is 0. The number of imidazole rings is 1. The lowest BCUT2D eigenvalue weighted by atomic mass is 10.6. The van der Waals surface area contributed by atoms with Gasteiger partial charge in [0.15, 0.2) is 5.65 Å². The maximum absolute atomic E-state index is 10.6. The lowest BCUT2D eigenvalue weighted by Gasteiger charge is -1.98. The van der Waals surface area contributed by atoms with Crippen LogP contribution in [0.1, 0.15) is 0 Å². The van der Waals surface area contributed by atoms with Crippen molar-refractivity contribution in [2.45, 2.75) is 0 Å². The SMILES string of the molecule is NC(=O)CSn1cnc2cncnc21. The first-order chi connectivity index (χ1) is 6.77. The molecule has 0 spiro atoms. The van der Waals surface area contributed by atoms with Crippen LogP contribution in [-0.4, -0.2) is 30.6 Å². The second kappa shape index (κ2) is 3.62. The molecule has 2 aromatic rings. The van der Waals surface area contributed by atoms with Crippen molar-refractivity contribution in [1.29, 1.82) is 0 Å². The van der Waals surface area contributed by atoms with Crippen LogP contribution >= 0.6 is 11.9 Å². The average Bonchev–Trinajstić information content (AvgIpc) is 2.58. The Balaban J connectivity index is 2.29. The van der Waals surface area contributed by atoms with Crippen LogP contribution in [-0.2, 0) is 4.79 Å². The van der Waals surface area contributed by atoms with Crippen molar-refractivity contribution in [1.82, 2.24) is 18.9 Å². The average molecular weight is 209 g/mol. The molecule has 1 amide bonds. The molecule has 0 aliphatic heterocycles. The first kappa shape index (κ1) is 8.95. The van der Waals surface area contributed by atoms with Crippen LogP contribution in [0.4, 0.5) is 0 Å². The summed E-state index contributed by atoms with van der Waals surface area (Å²) in [6.07, 6.45) is 4.64. The van der Waals surface area contributed by atoms with Gasteiger partial charge in [0.2, 0.25) is 5.91 Å². The summed E-state index contributed by atoms with van der Waals surface area (Å²) in [4.78, 5) is 22.5.